The second-order valence-electron chi connectivity index (χ2n) is 6.98. The van der Waals surface area contributed by atoms with Crippen molar-refractivity contribution in [2.24, 2.45) is 16.6 Å². The Morgan fingerprint density at radius 2 is 2.19 bits per heavy atom. The first-order valence-corrected chi connectivity index (χ1v) is 9.48. The lowest BCUT2D eigenvalue weighted by molar-refractivity contribution is -0.119. The summed E-state index contributed by atoms with van der Waals surface area (Å²) < 4.78 is 1.89. The van der Waals surface area contributed by atoms with Gasteiger partial charge in [0.2, 0.25) is 5.91 Å². The maximum Gasteiger partial charge on any atom is 0.217 e. The molecule has 0 spiro atoms. The summed E-state index contributed by atoms with van der Waals surface area (Å²) in [4.78, 5) is 17.8. The number of para-hydroxylation sites is 1. The Balaban J connectivity index is 1.50. The molecule has 0 radical (unpaired) electrons. The van der Waals surface area contributed by atoms with Crippen LogP contribution in [0.1, 0.15) is 24.8 Å². The molecule has 1 aromatic carbocycles. The molecule has 1 amide bonds. The highest BCUT2D eigenvalue weighted by Gasteiger charge is 2.23. The van der Waals surface area contributed by atoms with E-state index in [9.17, 15) is 4.79 Å². The van der Waals surface area contributed by atoms with Crippen molar-refractivity contribution < 1.29 is 4.79 Å². The Morgan fingerprint density at radius 3 is 2.93 bits per heavy atom. The number of nitrogens with zero attached hydrogens (tertiary/aromatic N) is 4. The van der Waals surface area contributed by atoms with Crippen LogP contribution in [-0.4, -0.2) is 53.2 Å². The van der Waals surface area contributed by atoms with Gasteiger partial charge in [0.05, 0.1) is 11.9 Å². The van der Waals surface area contributed by atoms with Crippen molar-refractivity contribution in [1.29, 1.82) is 0 Å². The summed E-state index contributed by atoms with van der Waals surface area (Å²) in [7, 11) is 1.80. The molecule has 1 aromatic heterocycles. The zero-order valence-electron chi connectivity index (χ0n) is 15.8. The van der Waals surface area contributed by atoms with Gasteiger partial charge in [-0.05, 0) is 42.9 Å². The number of hydrogen-bond acceptors (Lipinski definition) is 3. The van der Waals surface area contributed by atoms with Crippen molar-refractivity contribution in [2.75, 3.05) is 26.7 Å². The largest absolute Gasteiger partial charge is 0.370 e. The van der Waals surface area contributed by atoms with E-state index in [-0.39, 0.29) is 5.91 Å². The first-order valence-electron chi connectivity index (χ1n) is 9.48. The van der Waals surface area contributed by atoms with Crippen molar-refractivity contribution >= 4 is 11.9 Å². The number of rotatable bonds is 6. The molecule has 2 aromatic rings. The Bertz CT molecular complexity index is 770. The molecule has 7 nitrogen and oxygen atoms in total. The summed E-state index contributed by atoms with van der Waals surface area (Å²) in [5.74, 6) is 0.985. The molecule has 7 heteroatoms. The molecule has 0 saturated carbocycles. The van der Waals surface area contributed by atoms with Gasteiger partial charge in [0, 0.05) is 39.3 Å². The van der Waals surface area contributed by atoms with E-state index in [2.05, 4.69) is 26.5 Å². The lowest BCUT2D eigenvalue weighted by Crippen LogP contribution is -2.47. The van der Waals surface area contributed by atoms with E-state index in [0.29, 0.717) is 12.3 Å². The average Bonchev–Trinajstić information content (AvgIpc) is 3.15. The maximum absolute atomic E-state index is 11.2. The number of guanidine groups is 1. The van der Waals surface area contributed by atoms with Gasteiger partial charge in [0.25, 0.3) is 0 Å². The van der Waals surface area contributed by atoms with E-state index in [1.807, 2.05) is 41.2 Å². The number of piperidine rings is 1. The van der Waals surface area contributed by atoms with Crippen molar-refractivity contribution in [3.05, 3.63) is 48.3 Å². The van der Waals surface area contributed by atoms with E-state index in [1.165, 1.54) is 5.56 Å². The van der Waals surface area contributed by atoms with Crippen LogP contribution in [0.3, 0.4) is 0 Å². The number of carbonyl (C=O) groups excluding carboxylic acids is 1. The molecule has 0 bridgehead atoms. The Kier molecular flexibility index (Phi) is 6.46. The molecule has 144 valence electrons. The van der Waals surface area contributed by atoms with E-state index in [4.69, 9.17) is 5.73 Å². The molecule has 1 saturated heterocycles. The first-order chi connectivity index (χ1) is 13.2. The second-order valence-corrected chi connectivity index (χ2v) is 6.98. The van der Waals surface area contributed by atoms with Gasteiger partial charge < -0.3 is 16.0 Å². The molecule has 1 unspecified atom stereocenters. The SMILES string of the molecule is CN=C(NCCc1cnn(-c2ccccc2)c1)N1CCCC(CC(N)=O)C1. The minimum absolute atomic E-state index is 0.222. The van der Waals surface area contributed by atoms with Crippen LogP contribution < -0.4 is 11.1 Å². The fourth-order valence-electron chi connectivity index (χ4n) is 3.57. The van der Waals surface area contributed by atoms with Crippen LogP contribution >= 0.6 is 0 Å². The zero-order valence-corrected chi connectivity index (χ0v) is 15.8. The number of hydrogen-bond donors (Lipinski definition) is 2. The third-order valence-corrected chi connectivity index (χ3v) is 4.87. The average molecular weight is 368 g/mol. The summed E-state index contributed by atoms with van der Waals surface area (Å²) >= 11 is 0. The van der Waals surface area contributed by atoms with Crippen LogP contribution in [0.25, 0.3) is 5.69 Å². The number of aromatic nitrogens is 2. The number of nitrogens with one attached hydrogen (secondary N) is 1. The molecule has 1 aliphatic heterocycles. The smallest absolute Gasteiger partial charge is 0.217 e. The molecule has 1 atom stereocenters. The van der Waals surface area contributed by atoms with Crippen molar-refractivity contribution in [3.8, 4) is 5.69 Å². The third kappa shape index (κ3) is 5.32. The van der Waals surface area contributed by atoms with Crippen LogP contribution in [0.2, 0.25) is 0 Å². The minimum atomic E-state index is -0.222. The third-order valence-electron chi connectivity index (χ3n) is 4.87. The normalized spacial score (nSPS) is 17.7. The fourth-order valence-corrected chi connectivity index (χ4v) is 3.57. The molecule has 2 heterocycles. The van der Waals surface area contributed by atoms with E-state index < -0.39 is 0 Å². The molecule has 1 aliphatic rings. The van der Waals surface area contributed by atoms with Gasteiger partial charge in [-0.25, -0.2) is 4.68 Å². The fraction of sp³-hybridized carbons (Fsp3) is 0.450. The molecular weight excluding hydrogens is 340 g/mol. The van der Waals surface area contributed by atoms with Crippen molar-refractivity contribution in [1.82, 2.24) is 20.0 Å². The monoisotopic (exact) mass is 368 g/mol. The number of benzene rings is 1. The number of carbonyl (C=O) groups is 1. The number of nitrogens with two attached hydrogens (primary N) is 1. The van der Waals surface area contributed by atoms with Crippen LogP contribution in [0, 0.1) is 5.92 Å². The Hall–Kier alpha value is -2.83. The lowest BCUT2D eigenvalue weighted by atomic mass is 9.95. The lowest BCUT2D eigenvalue weighted by Gasteiger charge is -2.34. The highest BCUT2D eigenvalue weighted by molar-refractivity contribution is 5.80. The topological polar surface area (TPSA) is 88.5 Å². The number of primary amides is 1. The van der Waals surface area contributed by atoms with E-state index in [0.717, 1.165) is 50.5 Å². The molecule has 0 aliphatic carbocycles. The molecule has 3 rings (SSSR count). The summed E-state index contributed by atoms with van der Waals surface area (Å²) in [5.41, 5.74) is 7.58. The zero-order chi connectivity index (χ0) is 19.1. The van der Waals surface area contributed by atoms with Crippen LogP contribution in [0.15, 0.2) is 47.7 Å². The molecule has 1 fully saturated rings. The van der Waals surface area contributed by atoms with Crippen molar-refractivity contribution in [2.45, 2.75) is 25.7 Å². The Morgan fingerprint density at radius 1 is 1.37 bits per heavy atom. The summed E-state index contributed by atoms with van der Waals surface area (Å²) in [6.07, 6.45) is 7.39. The van der Waals surface area contributed by atoms with Gasteiger partial charge in [-0.3, -0.25) is 9.79 Å². The number of aliphatic imine (C=N–C) groups is 1. The van der Waals surface area contributed by atoms with Crippen LogP contribution in [0.4, 0.5) is 0 Å². The highest BCUT2D eigenvalue weighted by atomic mass is 16.1. The number of amides is 1. The van der Waals surface area contributed by atoms with Gasteiger partial charge in [-0.15, -0.1) is 0 Å². The summed E-state index contributed by atoms with van der Waals surface area (Å²) in [6, 6.07) is 10.1. The predicted molar refractivity (Wildman–Crippen MR) is 107 cm³/mol. The standard InChI is InChI=1S/C20H28N6O/c1-22-20(25-11-5-6-16(14-25)12-19(21)27)23-10-9-17-13-24-26(15-17)18-7-3-2-4-8-18/h2-4,7-8,13,15-16H,5-6,9-12,14H2,1H3,(H2,21,27)(H,22,23). The summed E-state index contributed by atoms with van der Waals surface area (Å²) in [5, 5.41) is 7.87. The van der Waals surface area contributed by atoms with Gasteiger partial charge in [0.1, 0.15) is 0 Å². The highest BCUT2D eigenvalue weighted by Crippen LogP contribution is 2.19. The van der Waals surface area contributed by atoms with Gasteiger partial charge >= 0.3 is 0 Å². The van der Waals surface area contributed by atoms with E-state index in [1.54, 1.807) is 7.05 Å². The van der Waals surface area contributed by atoms with Crippen molar-refractivity contribution in [3.63, 3.8) is 0 Å². The molecule has 3 N–H and O–H groups in total. The van der Waals surface area contributed by atoms with Gasteiger partial charge in [-0.1, -0.05) is 18.2 Å². The van der Waals surface area contributed by atoms with Gasteiger partial charge in [0.15, 0.2) is 5.96 Å². The minimum Gasteiger partial charge on any atom is -0.370 e. The number of likely N-dealkylation sites (tertiary alicyclic amines) is 1. The van der Waals surface area contributed by atoms with E-state index >= 15 is 0 Å². The predicted octanol–water partition coefficient (Wildman–Crippen LogP) is 1.58. The Labute approximate surface area is 160 Å². The first kappa shape index (κ1) is 18.9. The quantitative estimate of drug-likeness (QED) is 0.598. The maximum atomic E-state index is 11.2. The van der Waals surface area contributed by atoms with Crippen LogP contribution in [-0.2, 0) is 11.2 Å². The van der Waals surface area contributed by atoms with Crippen LogP contribution in [0.5, 0.6) is 0 Å². The van der Waals surface area contributed by atoms with Gasteiger partial charge in [-0.2, -0.15) is 5.10 Å². The second kappa shape index (κ2) is 9.21. The summed E-state index contributed by atoms with van der Waals surface area (Å²) in [6.45, 7) is 2.57. The molecule has 27 heavy (non-hydrogen) atoms. The molecular formula is C20H28N6O.